The molecule has 2 amide bonds. The number of ether oxygens (including phenoxy) is 2. The molecule has 8 heteroatoms. The molecule has 2 fully saturated rings. The lowest BCUT2D eigenvalue weighted by molar-refractivity contribution is -0.158. The third kappa shape index (κ3) is 4.23. The first-order valence-electron chi connectivity index (χ1n) is 12.4. The molecule has 0 aromatic carbocycles. The number of fused-ring (bicyclic) bond motifs is 2. The van der Waals surface area contributed by atoms with Crippen molar-refractivity contribution in [1.29, 1.82) is 0 Å². The van der Waals surface area contributed by atoms with Gasteiger partial charge in [-0.3, -0.25) is 14.4 Å². The standard InChI is InChI=1S/C25H36N2O6/c1-3-4-7-13-26-14-8-12-25-20(22(29)27(15-9-16-28)21(25)23(26)30)19-18(33-25)11-6-5-10-17(2)32-24(19)31/h6,8,11-12,17-21,28H,3-5,7,9-10,13-16H2,1-2H3/b11-6-/t17?,18-,19?,20+,21-,25?/m1/s1. The monoisotopic (exact) mass is 460 g/mol. The highest BCUT2D eigenvalue weighted by Crippen LogP contribution is 2.53. The molecule has 0 bridgehead atoms. The molecule has 4 aliphatic heterocycles. The first kappa shape index (κ1) is 24.0. The molecule has 4 heterocycles. The maximum absolute atomic E-state index is 13.8. The van der Waals surface area contributed by atoms with Gasteiger partial charge >= 0.3 is 5.97 Å². The van der Waals surface area contributed by atoms with Crippen LogP contribution in [0.4, 0.5) is 0 Å². The van der Waals surface area contributed by atoms with E-state index < -0.39 is 35.6 Å². The number of aliphatic hydroxyl groups is 1. The maximum atomic E-state index is 13.8. The van der Waals surface area contributed by atoms with Gasteiger partial charge in [0.2, 0.25) is 11.8 Å². The van der Waals surface area contributed by atoms with Crippen LogP contribution in [-0.2, 0) is 23.9 Å². The largest absolute Gasteiger partial charge is 0.462 e. The summed E-state index contributed by atoms with van der Waals surface area (Å²) in [6.45, 7) is 5.18. The van der Waals surface area contributed by atoms with E-state index in [9.17, 15) is 19.5 Å². The summed E-state index contributed by atoms with van der Waals surface area (Å²) in [6.07, 6.45) is 11.5. The summed E-state index contributed by atoms with van der Waals surface area (Å²) in [5, 5.41) is 9.42. The van der Waals surface area contributed by atoms with Gasteiger partial charge in [0.15, 0.2) is 0 Å². The second kappa shape index (κ2) is 9.97. The van der Waals surface area contributed by atoms with Crippen molar-refractivity contribution in [3.8, 4) is 0 Å². The van der Waals surface area contributed by atoms with E-state index in [-0.39, 0.29) is 31.1 Å². The third-order valence-electron chi connectivity index (χ3n) is 7.32. The number of carbonyl (C=O) groups excluding carboxylic acids is 3. The summed E-state index contributed by atoms with van der Waals surface area (Å²) in [4.78, 5) is 44.2. The topological polar surface area (TPSA) is 96.4 Å². The van der Waals surface area contributed by atoms with Gasteiger partial charge in [-0.2, -0.15) is 0 Å². The number of hydrogen-bond donors (Lipinski definition) is 1. The number of likely N-dealkylation sites (tertiary alicyclic amines) is 1. The highest BCUT2D eigenvalue weighted by molar-refractivity contribution is 5.99. The van der Waals surface area contributed by atoms with E-state index in [2.05, 4.69) is 6.92 Å². The van der Waals surface area contributed by atoms with Crippen molar-refractivity contribution in [2.45, 2.75) is 76.2 Å². The van der Waals surface area contributed by atoms with Gasteiger partial charge in [0.1, 0.15) is 17.6 Å². The molecule has 6 atom stereocenters. The molecule has 8 nitrogen and oxygen atoms in total. The summed E-state index contributed by atoms with van der Waals surface area (Å²) in [5.74, 6) is -2.50. The summed E-state index contributed by atoms with van der Waals surface area (Å²) in [6, 6.07) is -0.851. The van der Waals surface area contributed by atoms with Crippen LogP contribution < -0.4 is 0 Å². The van der Waals surface area contributed by atoms with Crippen molar-refractivity contribution in [3.05, 3.63) is 24.3 Å². The Labute approximate surface area is 195 Å². The first-order chi connectivity index (χ1) is 15.9. The Bertz CT molecular complexity index is 826. The smallest absolute Gasteiger partial charge is 0.313 e. The van der Waals surface area contributed by atoms with Crippen molar-refractivity contribution in [3.63, 3.8) is 0 Å². The summed E-state index contributed by atoms with van der Waals surface area (Å²) in [5.41, 5.74) is -1.22. The van der Waals surface area contributed by atoms with Gasteiger partial charge in [0.05, 0.1) is 18.1 Å². The fourth-order valence-corrected chi connectivity index (χ4v) is 5.73. The summed E-state index contributed by atoms with van der Waals surface area (Å²) in [7, 11) is 0. The Morgan fingerprint density at radius 2 is 1.94 bits per heavy atom. The van der Waals surface area contributed by atoms with Crippen LogP contribution in [0.5, 0.6) is 0 Å². The van der Waals surface area contributed by atoms with Crippen molar-refractivity contribution >= 4 is 17.8 Å². The molecule has 1 spiro atoms. The van der Waals surface area contributed by atoms with Gasteiger partial charge in [-0.05, 0) is 32.6 Å². The zero-order chi connectivity index (χ0) is 23.6. The minimum atomic E-state index is -1.22. The van der Waals surface area contributed by atoms with Crippen LogP contribution in [-0.4, -0.2) is 82.8 Å². The maximum Gasteiger partial charge on any atom is 0.313 e. The van der Waals surface area contributed by atoms with Crippen molar-refractivity contribution in [2.75, 3.05) is 26.2 Å². The molecule has 0 saturated carbocycles. The minimum absolute atomic E-state index is 0.0897. The van der Waals surface area contributed by atoms with Gasteiger partial charge in [-0.15, -0.1) is 0 Å². The number of carbonyl (C=O) groups is 3. The van der Waals surface area contributed by atoms with Crippen LogP contribution in [0, 0.1) is 11.8 Å². The van der Waals surface area contributed by atoms with Crippen LogP contribution >= 0.6 is 0 Å². The first-order valence-corrected chi connectivity index (χ1v) is 12.4. The molecular weight excluding hydrogens is 424 g/mol. The summed E-state index contributed by atoms with van der Waals surface area (Å²) >= 11 is 0. The normalized spacial score (nSPS) is 36.9. The number of nitrogens with zero attached hydrogens (tertiary/aromatic N) is 2. The predicted molar refractivity (Wildman–Crippen MR) is 121 cm³/mol. The quantitative estimate of drug-likeness (QED) is 0.354. The molecule has 3 unspecified atom stereocenters. The van der Waals surface area contributed by atoms with Gasteiger partial charge in [-0.1, -0.05) is 44.1 Å². The van der Waals surface area contributed by atoms with E-state index in [1.54, 1.807) is 4.90 Å². The fraction of sp³-hybridized carbons (Fsp3) is 0.720. The lowest BCUT2D eigenvalue weighted by Gasteiger charge is -2.35. The molecule has 0 radical (unpaired) electrons. The number of rotatable bonds is 7. The number of aliphatic hydroxyl groups excluding tert-OH is 1. The Kier molecular flexibility index (Phi) is 7.24. The van der Waals surface area contributed by atoms with E-state index >= 15 is 0 Å². The second-order valence-electron chi connectivity index (χ2n) is 9.60. The molecule has 2 saturated heterocycles. The van der Waals surface area contributed by atoms with Crippen LogP contribution in [0.2, 0.25) is 0 Å². The predicted octanol–water partition coefficient (Wildman–Crippen LogP) is 1.82. The summed E-state index contributed by atoms with van der Waals surface area (Å²) < 4.78 is 12.2. The van der Waals surface area contributed by atoms with E-state index in [0.29, 0.717) is 25.9 Å². The molecule has 4 rings (SSSR count). The van der Waals surface area contributed by atoms with Crippen LogP contribution in [0.3, 0.4) is 0 Å². The molecular formula is C25H36N2O6. The molecule has 4 aliphatic rings. The van der Waals surface area contributed by atoms with Crippen LogP contribution in [0.15, 0.2) is 24.3 Å². The third-order valence-corrected chi connectivity index (χ3v) is 7.32. The average Bonchev–Trinajstić information content (AvgIpc) is 3.19. The number of unbranched alkanes of at least 4 members (excludes halogenated alkanes) is 2. The lowest BCUT2D eigenvalue weighted by atomic mass is 9.78. The highest BCUT2D eigenvalue weighted by Gasteiger charge is 2.71. The minimum Gasteiger partial charge on any atom is -0.462 e. The lowest BCUT2D eigenvalue weighted by Crippen LogP contribution is -2.55. The van der Waals surface area contributed by atoms with Gasteiger partial charge in [-0.25, -0.2) is 0 Å². The molecule has 182 valence electrons. The molecule has 33 heavy (non-hydrogen) atoms. The zero-order valence-corrected chi connectivity index (χ0v) is 19.7. The molecule has 0 aliphatic carbocycles. The SMILES string of the molecule is CCCCCN1CC=CC23O[C@@H]4/C=C\CCC(C)OC(=O)C4[C@H]2C(=O)N(CCCO)[C@@H]3C1=O. The van der Waals surface area contributed by atoms with Crippen LogP contribution in [0.25, 0.3) is 0 Å². The number of cyclic esters (lactones) is 1. The Morgan fingerprint density at radius 1 is 1.12 bits per heavy atom. The van der Waals surface area contributed by atoms with Crippen molar-refractivity contribution < 1.29 is 29.0 Å². The second-order valence-corrected chi connectivity index (χ2v) is 9.60. The zero-order valence-electron chi connectivity index (χ0n) is 19.7. The Balaban J connectivity index is 1.74. The Hall–Kier alpha value is -2.19. The number of allylic oxidation sites excluding steroid dienone is 1. The number of esters is 1. The van der Waals surface area contributed by atoms with Crippen molar-refractivity contribution in [2.24, 2.45) is 11.8 Å². The van der Waals surface area contributed by atoms with Crippen LogP contribution in [0.1, 0.15) is 52.4 Å². The van der Waals surface area contributed by atoms with Crippen molar-refractivity contribution in [1.82, 2.24) is 9.80 Å². The fourth-order valence-electron chi connectivity index (χ4n) is 5.73. The van der Waals surface area contributed by atoms with E-state index in [1.165, 1.54) is 4.90 Å². The van der Waals surface area contributed by atoms with E-state index in [4.69, 9.17) is 9.47 Å². The van der Waals surface area contributed by atoms with E-state index in [1.807, 2.05) is 31.2 Å². The van der Waals surface area contributed by atoms with Gasteiger partial charge in [0, 0.05) is 26.2 Å². The van der Waals surface area contributed by atoms with Gasteiger partial charge < -0.3 is 24.4 Å². The number of amides is 2. The molecule has 1 N–H and O–H groups in total. The average molecular weight is 461 g/mol. The highest BCUT2D eigenvalue weighted by atomic mass is 16.6. The number of hydrogen-bond acceptors (Lipinski definition) is 6. The van der Waals surface area contributed by atoms with E-state index in [0.717, 1.165) is 25.7 Å². The van der Waals surface area contributed by atoms with Gasteiger partial charge in [0.25, 0.3) is 0 Å². The molecule has 0 aromatic heterocycles. The molecule has 0 aromatic rings. The Morgan fingerprint density at radius 3 is 2.70 bits per heavy atom.